The fraction of sp³-hybridized carbons (Fsp3) is 0.0909. The molecule has 2 aromatic rings. The molecule has 0 saturated carbocycles. The van der Waals surface area contributed by atoms with E-state index in [2.05, 4.69) is 41.1 Å². The van der Waals surface area contributed by atoms with Crippen molar-refractivity contribution in [3.63, 3.8) is 0 Å². The van der Waals surface area contributed by atoms with Crippen LogP contribution in [0.1, 0.15) is 5.56 Å². The van der Waals surface area contributed by atoms with E-state index in [9.17, 15) is 0 Å². The smallest absolute Gasteiger partial charge is 0.169 e. The van der Waals surface area contributed by atoms with Gasteiger partial charge in [-0.1, -0.05) is 29.8 Å². The predicted octanol–water partition coefficient (Wildman–Crippen LogP) is 4.02. The van der Waals surface area contributed by atoms with Gasteiger partial charge < -0.3 is 4.42 Å². The van der Waals surface area contributed by atoms with Crippen LogP contribution in [0.4, 0.5) is 0 Å². The van der Waals surface area contributed by atoms with Crippen LogP contribution in [-0.2, 0) is 0 Å². The number of rotatable bonds is 1. The maximum Gasteiger partial charge on any atom is 0.169 e. The van der Waals surface area contributed by atoms with Crippen molar-refractivity contribution in [1.82, 2.24) is 0 Å². The minimum absolute atomic E-state index is 0.768. The van der Waals surface area contributed by atoms with Crippen molar-refractivity contribution in [2.75, 3.05) is 0 Å². The molecule has 0 radical (unpaired) electrons. The first-order chi connectivity index (χ1) is 6.25. The molecule has 0 aliphatic heterocycles. The summed E-state index contributed by atoms with van der Waals surface area (Å²) in [5.41, 5.74) is 3.56. The molecule has 0 saturated heterocycles. The van der Waals surface area contributed by atoms with Crippen LogP contribution in [0.15, 0.2) is 45.7 Å². The first-order valence-electron chi connectivity index (χ1n) is 4.07. The van der Waals surface area contributed by atoms with Crippen LogP contribution >= 0.6 is 15.9 Å². The highest BCUT2D eigenvalue weighted by molar-refractivity contribution is 9.10. The molecule has 0 fully saturated rings. The maximum absolute atomic E-state index is 5.18. The molecule has 0 aliphatic carbocycles. The average Bonchev–Trinajstić information content (AvgIpc) is 2.52. The standard InChI is InChI=1S/C11H9BrO/c1-8-3-2-4-9(5-8)10-6-11(12)13-7-10/h2-7H,1H3. The van der Waals surface area contributed by atoms with Gasteiger partial charge in [0.15, 0.2) is 4.67 Å². The van der Waals surface area contributed by atoms with E-state index < -0.39 is 0 Å². The van der Waals surface area contributed by atoms with Gasteiger partial charge in [-0.2, -0.15) is 0 Å². The lowest BCUT2D eigenvalue weighted by atomic mass is 10.1. The Kier molecular flexibility index (Phi) is 2.23. The summed E-state index contributed by atoms with van der Waals surface area (Å²) < 4.78 is 5.94. The molecule has 0 spiro atoms. The summed E-state index contributed by atoms with van der Waals surface area (Å²) in [5, 5.41) is 0. The van der Waals surface area contributed by atoms with Gasteiger partial charge in [0, 0.05) is 5.56 Å². The van der Waals surface area contributed by atoms with Crippen molar-refractivity contribution in [2.45, 2.75) is 6.92 Å². The van der Waals surface area contributed by atoms with Gasteiger partial charge in [0.25, 0.3) is 0 Å². The average molecular weight is 237 g/mol. The molecular formula is C11H9BrO. The minimum Gasteiger partial charge on any atom is -0.457 e. The molecule has 13 heavy (non-hydrogen) atoms. The van der Waals surface area contributed by atoms with Gasteiger partial charge in [-0.15, -0.1) is 0 Å². The molecule has 1 aromatic carbocycles. The first kappa shape index (κ1) is 8.57. The summed E-state index contributed by atoms with van der Waals surface area (Å²) in [7, 11) is 0. The lowest BCUT2D eigenvalue weighted by molar-refractivity contribution is 0.542. The van der Waals surface area contributed by atoms with Crippen molar-refractivity contribution < 1.29 is 4.42 Å². The van der Waals surface area contributed by atoms with Crippen LogP contribution < -0.4 is 0 Å². The van der Waals surface area contributed by atoms with Crippen LogP contribution in [0.25, 0.3) is 11.1 Å². The second-order valence-corrected chi connectivity index (χ2v) is 3.79. The highest BCUT2D eigenvalue weighted by Crippen LogP contribution is 2.25. The van der Waals surface area contributed by atoms with Gasteiger partial charge in [-0.3, -0.25) is 0 Å². The molecule has 0 amide bonds. The number of benzene rings is 1. The number of aryl methyl sites for hydroxylation is 1. The summed E-state index contributed by atoms with van der Waals surface area (Å²) in [6.07, 6.45) is 1.75. The molecule has 66 valence electrons. The van der Waals surface area contributed by atoms with Gasteiger partial charge in [0.2, 0.25) is 0 Å². The van der Waals surface area contributed by atoms with Crippen LogP contribution in [0, 0.1) is 6.92 Å². The molecule has 0 aliphatic rings. The summed E-state index contributed by atoms with van der Waals surface area (Å²) in [4.78, 5) is 0. The molecule has 0 unspecified atom stereocenters. The maximum atomic E-state index is 5.18. The van der Waals surface area contributed by atoms with E-state index in [1.807, 2.05) is 12.1 Å². The van der Waals surface area contributed by atoms with Gasteiger partial charge >= 0.3 is 0 Å². The zero-order chi connectivity index (χ0) is 9.26. The number of hydrogen-bond donors (Lipinski definition) is 0. The van der Waals surface area contributed by atoms with Gasteiger partial charge in [-0.25, -0.2) is 0 Å². The van der Waals surface area contributed by atoms with E-state index in [1.165, 1.54) is 11.1 Å². The van der Waals surface area contributed by atoms with E-state index in [4.69, 9.17) is 4.42 Å². The zero-order valence-corrected chi connectivity index (χ0v) is 8.84. The zero-order valence-electron chi connectivity index (χ0n) is 7.25. The van der Waals surface area contributed by atoms with E-state index in [0.717, 1.165) is 10.2 Å². The third-order valence-electron chi connectivity index (χ3n) is 1.92. The van der Waals surface area contributed by atoms with E-state index in [1.54, 1.807) is 6.26 Å². The highest BCUT2D eigenvalue weighted by atomic mass is 79.9. The largest absolute Gasteiger partial charge is 0.457 e. The van der Waals surface area contributed by atoms with E-state index >= 15 is 0 Å². The Hall–Kier alpha value is -1.02. The molecule has 1 nitrogen and oxygen atoms in total. The van der Waals surface area contributed by atoms with E-state index in [-0.39, 0.29) is 0 Å². The van der Waals surface area contributed by atoms with Gasteiger partial charge in [0.1, 0.15) is 0 Å². The predicted molar refractivity (Wildman–Crippen MR) is 56.6 cm³/mol. The summed E-state index contributed by atoms with van der Waals surface area (Å²) in [5.74, 6) is 0. The third-order valence-corrected chi connectivity index (χ3v) is 2.33. The van der Waals surface area contributed by atoms with E-state index in [0.29, 0.717) is 0 Å². The first-order valence-corrected chi connectivity index (χ1v) is 4.86. The normalized spacial score (nSPS) is 10.3. The molecule has 1 heterocycles. The second kappa shape index (κ2) is 3.38. The second-order valence-electron chi connectivity index (χ2n) is 3.01. The molecule has 2 rings (SSSR count). The molecule has 0 bridgehead atoms. The molecule has 2 heteroatoms. The Morgan fingerprint density at radius 3 is 2.62 bits per heavy atom. The van der Waals surface area contributed by atoms with Crippen LogP contribution in [0.2, 0.25) is 0 Å². The van der Waals surface area contributed by atoms with Crippen molar-refractivity contribution in [2.24, 2.45) is 0 Å². The Balaban J connectivity index is 2.46. The number of furan rings is 1. The fourth-order valence-corrected chi connectivity index (χ4v) is 1.63. The Morgan fingerprint density at radius 1 is 1.15 bits per heavy atom. The molecule has 1 aromatic heterocycles. The van der Waals surface area contributed by atoms with Crippen LogP contribution in [0.3, 0.4) is 0 Å². The summed E-state index contributed by atoms with van der Waals surface area (Å²) in [6.45, 7) is 2.08. The van der Waals surface area contributed by atoms with Gasteiger partial charge in [-0.05, 0) is 34.5 Å². The van der Waals surface area contributed by atoms with Crippen LogP contribution in [0.5, 0.6) is 0 Å². The third kappa shape index (κ3) is 1.83. The summed E-state index contributed by atoms with van der Waals surface area (Å²) >= 11 is 3.28. The minimum atomic E-state index is 0.768. The lowest BCUT2D eigenvalue weighted by Crippen LogP contribution is -1.74. The van der Waals surface area contributed by atoms with Crippen molar-refractivity contribution in [3.05, 3.63) is 46.8 Å². The van der Waals surface area contributed by atoms with Gasteiger partial charge in [0.05, 0.1) is 6.26 Å². The van der Waals surface area contributed by atoms with Crippen molar-refractivity contribution >= 4 is 15.9 Å². The highest BCUT2D eigenvalue weighted by Gasteiger charge is 2.01. The number of hydrogen-bond acceptors (Lipinski definition) is 1. The molecule has 0 atom stereocenters. The fourth-order valence-electron chi connectivity index (χ4n) is 1.29. The summed E-state index contributed by atoms with van der Waals surface area (Å²) in [6, 6.07) is 10.3. The van der Waals surface area contributed by atoms with Crippen LogP contribution in [-0.4, -0.2) is 0 Å². The number of halogens is 1. The molecule has 0 N–H and O–H groups in total. The quantitative estimate of drug-likeness (QED) is 0.730. The Morgan fingerprint density at radius 2 is 2.00 bits per heavy atom. The van der Waals surface area contributed by atoms with Crippen molar-refractivity contribution in [3.8, 4) is 11.1 Å². The lowest BCUT2D eigenvalue weighted by Gasteiger charge is -1.97. The SMILES string of the molecule is Cc1cccc(-c2coc(Br)c2)c1. The van der Waals surface area contributed by atoms with Crippen molar-refractivity contribution in [1.29, 1.82) is 0 Å². The molecular weight excluding hydrogens is 228 g/mol. The monoisotopic (exact) mass is 236 g/mol. The topological polar surface area (TPSA) is 13.1 Å². The Bertz CT molecular complexity index is 418. The Labute approximate surface area is 85.5 Å².